The van der Waals surface area contributed by atoms with Crippen LogP contribution >= 0.6 is 12.2 Å². The molecule has 1 amide bonds. The van der Waals surface area contributed by atoms with Crippen molar-refractivity contribution in [2.24, 2.45) is 0 Å². The van der Waals surface area contributed by atoms with Gasteiger partial charge in [0.2, 0.25) is 5.91 Å². The molecule has 4 heteroatoms. The van der Waals surface area contributed by atoms with Crippen LogP contribution in [0, 0.1) is 0 Å². The molecule has 0 saturated heterocycles. The SMILES string of the molecule is CC[C@@H](NC(C)=O)C(O)=S. The maximum Gasteiger partial charge on any atom is 0.217 e. The fourth-order valence-corrected chi connectivity index (χ4v) is 0.809. The van der Waals surface area contributed by atoms with Crippen molar-refractivity contribution in [2.75, 3.05) is 0 Å². The van der Waals surface area contributed by atoms with Crippen LogP contribution in [0.5, 0.6) is 0 Å². The van der Waals surface area contributed by atoms with Crippen molar-refractivity contribution in [1.82, 2.24) is 5.32 Å². The van der Waals surface area contributed by atoms with Gasteiger partial charge in [-0.05, 0) is 18.6 Å². The quantitative estimate of drug-likeness (QED) is 0.601. The van der Waals surface area contributed by atoms with E-state index in [4.69, 9.17) is 5.11 Å². The van der Waals surface area contributed by atoms with Crippen LogP contribution in [0.2, 0.25) is 0 Å². The minimum absolute atomic E-state index is 0.155. The fourth-order valence-electron chi connectivity index (χ4n) is 0.584. The van der Waals surface area contributed by atoms with Crippen molar-refractivity contribution in [3.8, 4) is 0 Å². The fraction of sp³-hybridized carbons (Fsp3) is 0.667. The zero-order valence-electron chi connectivity index (χ0n) is 6.05. The van der Waals surface area contributed by atoms with Crippen molar-refractivity contribution in [3.05, 3.63) is 0 Å². The van der Waals surface area contributed by atoms with E-state index in [9.17, 15) is 4.79 Å². The Balaban J connectivity index is 3.83. The van der Waals surface area contributed by atoms with Crippen molar-refractivity contribution in [1.29, 1.82) is 0 Å². The maximum atomic E-state index is 10.4. The van der Waals surface area contributed by atoms with Gasteiger partial charge in [0, 0.05) is 6.92 Å². The molecule has 2 N–H and O–H groups in total. The van der Waals surface area contributed by atoms with Crippen molar-refractivity contribution in [3.63, 3.8) is 0 Å². The molecule has 58 valence electrons. The number of nitrogens with one attached hydrogen (secondary N) is 1. The van der Waals surface area contributed by atoms with Gasteiger partial charge in [-0.15, -0.1) is 0 Å². The summed E-state index contributed by atoms with van der Waals surface area (Å²) in [5.74, 6) is -0.178. The number of carbonyl (C=O) groups is 1. The van der Waals surface area contributed by atoms with Crippen LogP contribution in [-0.2, 0) is 4.79 Å². The molecule has 0 aromatic carbocycles. The standard InChI is InChI=1S/C6H11NO2S/c1-3-5(6(9)10)7-4(2)8/h5H,3H2,1-2H3,(H,7,8)(H,9,10)/t5-/m1/s1. The highest BCUT2D eigenvalue weighted by Gasteiger charge is 2.10. The van der Waals surface area contributed by atoms with Crippen LogP contribution in [0.1, 0.15) is 20.3 Å². The summed E-state index contributed by atoms with van der Waals surface area (Å²) in [5, 5.41) is 11.1. The van der Waals surface area contributed by atoms with E-state index in [1.807, 2.05) is 6.92 Å². The third kappa shape index (κ3) is 3.40. The second-order valence-electron chi connectivity index (χ2n) is 2.00. The van der Waals surface area contributed by atoms with Gasteiger partial charge in [-0.2, -0.15) is 0 Å². The molecule has 0 radical (unpaired) electrons. The summed E-state index contributed by atoms with van der Waals surface area (Å²) in [4.78, 5) is 10.4. The first kappa shape index (κ1) is 9.36. The first-order valence-corrected chi connectivity index (χ1v) is 3.48. The molecular formula is C6H11NO2S. The summed E-state index contributed by atoms with van der Waals surface area (Å²) in [6.45, 7) is 3.23. The topological polar surface area (TPSA) is 49.3 Å². The monoisotopic (exact) mass is 161 g/mol. The maximum absolute atomic E-state index is 10.4. The summed E-state index contributed by atoms with van der Waals surface area (Å²) >= 11 is 4.48. The smallest absolute Gasteiger partial charge is 0.217 e. The Hall–Kier alpha value is -0.640. The number of hydrogen-bond donors (Lipinski definition) is 2. The molecule has 0 aromatic heterocycles. The highest BCUT2D eigenvalue weighted by molar-refractivity contribution is 7.80. The van der Waals surface area contributed by atoms with Gasteiger partial charge in [-0.3, -0.25) is 4.79 Å². The number of aliphatic hydroxyl groups is 1. The number of thiocarbonyl (C=S) groups is 1. The van der Waals surface area contributed by atoms with Crippen LogP contribution in [0.25, 0.3) is 0 Å². The molecule has 0 aromatic rings. The summed E-state index contributed by atoms with van der Waals surface area (Å²) < 4.78 is 0. The molecule has 3 nitrogen and oxygen atoms in total. The van der Waals surface area contributed by atoms with Gasteiger partial charge < -0.3 is 10.4 Å². The second kappa shape index (κ2) is 4.22. The molecular weight excluding hydrogens is 150 g/mol. The number of hydrogen-bond acceptors (Lipinski definition) is 2. The van der Waals surface area contributed by atoms with E-state index in [-0.39, 0.29) is 17.0 Å². The molecule has 0 fully saturated rings. The van der Waals surface area contributed by atoms with Gasteiger partial charge in [0.25, 0.3) is 0 Å². The largest absolute Gasteiger partial charge is 0.500 e. The van der Waals surface area contributed by atoms with Crippen molar-refractivity contribution >= 4 is 23.2 Å². The normalized spacial score (nSPS) is 12.2. The first-order valence-electron chi connectivity index (χ1n) is 3.07. The molecule has 0 saturated carbocycles. The molecule has 0 spiro atoms. The van der Waals surface area contributed by atoms with Gasteiger partial charge in [-0.1, -0.05) is 6.92 Å². The van der Waals surface area contributed by atoms with Crippen molar-refractivity contribution < 1.29 is 9.90 Å². The summed E-state index contributed by atoms with van der Waals surface area (Å²) in [6.07, 6.45) is 0.620. The Bertz CT molecular complexity index is 147. The molecule has 0 aliphatic rings. The third-order valence-corrected chi connectivity index (χ3v) is 1.37. The van der Waals surface area contributed by atoms with Gasteiger partial charge in [-0.25, -0.2) is 0 Å². The minimum Gasteiger partial charge on any atom is -0.500 e. The minimum atomic E-state index is -0.368. The molecule has 0 heterocycles. The predicted molar refractivity (Wildman–Crippen MR) is 43.1 cm³/mol. The summed E-state index contributed by atoms with van der Waals surface area (Å²) in [6, 6.07) is -0.368. The van der Waals surface area contributed by atoms with Gasteiger partial charge in [0.05, 0.1) is 6.04 Å². The van der Waals surface area contributed by atoms with E-state index in [1.54, 1.807) is 0 Å². The Morgan fingerprint density at radius 1 is 1.80 bits per heavy atom. The summed E-state index contributed by atoms with van der Waals surface area (Å²) in [7, 11) is 0. The molecule has 0 rings (SSSR count). The van der Waals surface area contributed by atoms with E-state index >= 15 is 0 Å². The third-order valence-electron chi connectivity index (χ3n) is 1.08. The number of aliphatic hydroxyl groups excluding tert-OH is 1. The molecule has 0 aliphatic heterocycles. The number of carbonyl (C=O) groups excluding carboxylic acids is 1. The lowest BCUT2D eigenvalue weighted by atomic mass is 10.2. The Kier molecular flexibility index (Phi) is 3.95. The van der Waals surface area contributed by atoms with Crippen LogP contribution in [0.3, 0.4) is 0 Å². The van der Waals surface area contributed by atoms with Gasteiger partial charge in [0.15, 0.2) is 5.05 Å². The van der Waals surface area contributed by atoms with E-state index in [2.05, 4.69) is 17.5 Å². The zero-order chi connectivity index (χ0) is 8.15. The molecule has 10 heavy (non-hydrogen) atoms. The Labute approximate surface area is 65.4 Å². The van der Waals surface area contributed by atoms with Crippen molar-refractivity contribution in [2.45, 2.75) is 26.3 Å². The lowest BCUT2D eigenvalue weighted by Gasteiger charge is -2.11. The van der Waals surface area contributed by atoms with Crippen LogP contribution in [-0.4, -0.2) is 22.1 Å². The Morgan fingerprint density at radius 2 is 2.30 bits per heavy atom. The highest BCUT2D eigenvalue weighted by atomic mass is 32.1. The highest BCUT2D eigenvalue weighted by Crippen LogP contribution is 1.91. The van der Waals surface area contributed by atoms with E-state index in [0.29, 0.717) is 6.42 Å². The zero-order valence-corrected chi connectivity index (χ0v) is 6.86. The summed E-state index contributed by atoms with van der Waals surface area (Å²) in [5.41, 5.74) is 0. The predicted octanol–water partition coefficient (Wildman–Crippen LogP) is 0.786. The molecule has 1 atom stereocenters. The average molecular weight is 161 g/mol. The van der Waals surface area contributed by atoms with Gasteiger partial charge >= 0.3 is 0 Å². The number of rotatable bonds is 3. The first-order chi connectivity index (χ1) is 4.57. The van der Waals surface area contributed by atoms with Gasteiger partial charge in [0.1, 0.15) is 0 Å². The molecule has 0 unspecified atom stereocenters. The Morgan fingerprint density at radius 3 is 2.40 bits per heavy atom. The van der Waals surface area contributed by atoms with E-state index in [1.165, 1.54) is 6.92 Å². The van der Waals surface area contributed by atoms with Crippen LogP contribution in [0.15, 0.2) is 0 Å². The number of amides is 1. The average Bonchev–Trinajstić information content (AvgIpc) is 1.81. The second-order valence-corrected chi connectivity index (χ2v) is 2.42. The lowest BCUT2D eigenvalue weighted by molar-refractivity contribution is -0.119. The lowest BCUT2D eigenvalue weighted by Crippen LogP contribution is -2.37. The molecule has 0 aliphatic carbocycles. The van der Waals surface area contributed by atoms with Crippen LogP contribution < -0.4 is 5.32 Å². The van der Waals surface area contributed by atoms with E-state index < -0.39 is 0 Å². The van der Waals surface area contributed by atoms with Crippen LogP contribution in [0.4, 0.5) is 0 Å². The molecule has 0 bridgehead atoms. The van der Waals surface area contributed by atoms with E-state index in [0.717, 1.165) is 0 Å².